The predicted octanol–water partition coefficient (Wildman–Crippen LogP) is 2.23. The van der Waals surface area contributed by atoms with Gasteiger partial charge in [-0.2, -0.15) is 12.5 Å². The summed E-state index contributed by atoms with van der Waals surface area (Å²) in [7, 11) is 0. The summed E-state index contributed by atoms with van der Waals surface area (Å²) < 4.78 is 0. The Labute approximate surface area is 80.5 Å². The Hall–Kier alpha value is -0.0797. The number of hydrogen-bond acceptors (Lipinski definition) is 1. The van der Waals surface area contributed by atoms with Crippen LogP contribution in [-0.2, 0) is 22.4 Å². The number of rotatable bonds is 0. The van der Waals surface area contributed by atoms with E-state index < -0.39 is 0 Å². The van der Waals surface area contributed by atoms with Crippen molar-refractivity contribution in [3.8, 4) is 5.75 Å². The van der Waals surface area contributed by atoms with E-state index in [-0.39, 0.29) is 28.1 Å². The van der Waals surface area contributed by atoms with Crippen LogP contribution in [0.1, 0.15) is 5.56 Å². The van der Waals surface area contributed by atoms with Gasteiger partial charge in [0.05, 0.1) is 0 Å². The molecule has 1 N–H and O–H groups in total. The van der Waals surface area contributed by atoms with Gasteiger partial charge in [0.15, 0.2) is 0 Å². The minimum atomic E-state index is 0. The van der Waals surface area contributed by atoms with E-state index in [2.05, 4.69) is 6.92 Å². The molecule has 0 amide bonds. The summed E-state index contributed by atoms with van der Waals surface area (Å²) in [5.41, 5.74) is 0.558. The molecule has 0 aromatic heterocycles. The Morgan fingerprint density at radius 2 is 2.00 bits per heavy atom. The topological polar surface area (TPSA) is 20.2 Å². The summed E-state index contributed by atoms with van der Waals surface area (Å²) in [6.45, 7) is 3.55. The first-order valence-electron chi connectivity index (χ1n) is 2.50. The van der Waals surface area contributed by atoms with Crippen molar-refractivity contribution in [1.82, 2.24) is 0 Å². The van der Waals surface area contributed by atoms with Gasteiger partial charge in [0.25, 0.3) is 0 Å². The second kappa shape index (κ2) is 3.94. The molecule has 10 heavy (non-hydrogen) atoms. The van der Waals surface area contributed by atoms with E-state index in [9.17, 15) is 0 Å². The van der Waals surface area contributed by atoms with Gasteiger partial charge in [0.2, 0.25) is 0 Å². The molecule has 0 saturated heterocycles. The number of halogens is 1. The fraction of sp³-hybridized carbons (Fsp3) is 0. The first-order chi connectivity index (χ1) is 4.20. The van der Waals surface area contributed by atoms with Crippen LogP contribution < -0.4 is 0 Å². The van der Waals surface area contributed by atoms with Crippen molar-refractivity contribution in [3.05, 3.63) is 35.7 Å². The summed E-state index contributed by atoms with van der Waals surface area (Å²) in [5, 5.41) is 9.52. The normalized spacial score (nSPS) is 8.50. The third kappa shape index (κ3) is 2.27. The van der Waals surface area contributed by atoms with Gasteiger partial charge in [-0.1, -0.05) is 23.7 Å². The maximum atomic E-state index is 8.92. The standard InChI is InChI=1S/C7H6ClO.Ag/c1-5-4-6(8)2-3-7(5)9;/h2-4,9H,1H2;/q-1;+1. The van der Waals surface area contributed by atoms with Crippen molar-refractivity contribution >= 4 is 11.6 Å². The van der Waals surface area contributed by atoms with Crippen molar-refractivity contribution < 1.29 is 27.5 Å². The predicted molar refractivity (Wildman–Crippen MR) is 37.6 cm³/mol. The Morgan fingerprint density at radius 3 is 2.40 bits per heavy atom. The maximum Gasteiger partial charge on any atom is 1.00 e. The zero-order valence-corrected chi connectivity index (χ0v) is 7.30. The van der Waals surface area contributed by atoms with Crippen molar-refractivity contribution in [2.75, 3.05) is 0 Å². The van der Waals surface area contributed by atoms with Crippen LogP contribution in [0, 0.1) is 6.92 Å². The van der Waals surface area contributed by atoms with Crippen molar-refractivity contribution in [2.24, 2.45) is 0 Å². The van der Waals surface area contributed by atoms with Crippen LogP contribution in [0.15, 0.2) is 18.2 Å². The fourth-order valence-corrected chi connectivity index (χ4v) is 0.749. The Morgan fingerprint density at radius 1 is 1.40 bits per heavy atom. The molecule has 0 spiro atoms. The summed E-state index contributed by atoms with van der Waals surface area (Å²) in [6.07, 6.45) is 0. The van der Waals surface area contributed by atoms with Gasteiger partial charge >= 0.3 is 22.4 Å². The van der Waals surface area contributed by atoms with E-state index in [0.717, 1.165) is 0 Å². The summed E-state index contributed by atoms with van der Waals surface area (Å²) in [4.78, 5) is 0. The van der Waals surface area contributed by atoms with Gasteiger partial charge in [-0.05, 0) is 5.02 Å². The van der Waals surface area contributed by atoms with E-state index in [4.69, 9.17) is 16.7 Å². The van der Waals surface area contributed by atoms with E-state index in [0.29, 0.717) is 10.6 Å². The zero-order valence-electron chi connectivity index (χ0n) is 5.07. The number of phenolic OH excluding ortho intramolecular Hbond substituents is 1. The fourth-order valence-electron chi connectivity index (χ4n) is 0.554. The average molecular weight is 249 g/mol. The van der Waals surface area contributed by atoms with Gasteiger partial charge in [-0.15, -0.1) is 6.07 Å². The molecule has 1 aromatic rings. The number of phenols is 1. The van der Waals surface area contributed by atoms with E-state index in [1.54, 1.807) is 12.1 Å². The zero-order chi connectivity index (χ0) is 6.85. The molecule has 3 heteroatoms. The van der Waals surface area contributed by atoms with Crippen LogP contribution in [-0.4, -0.2) is 5.11 Å². The maximum absolute atomic E-state index is 8.92. The molecule has 1 rings (SSSR count). The first-order valence-corrected chi connectivity index (χ1v) is 2.88. The van der Waals surface area contributed by atoms with E-state index in [1.807, 2.05) is 0 Å². The SMILES string of the molecule is [Ag+].[CH2-]c1cc(Cl)ccc1O. The molecule has 0 unspecified atom stereocenters. The molecular formula is C7H6AgClO. The van der Waals surface area contributed by atoms with Gasteiger partial charge in [0, 0.05) is 5.75 Å². The molecule has 1 aromatic carbocycles. The molecule has 0 fully saturated rings. The van der Waals surface area contributed by atoms with Crippen LogP contribution in [0.5, 0.6) is 5.75 Å². The minimum Gasteiger partial charge on any atom is -0.565 e. The summed E-state index contributed by atoms with van der Waals surface area (Å²) in [5.74, 6) is 0.180. The van der Waals surface area contributed by atoms with Crippen LogP contribution in [0.4, 0.5) is 0 Å². The molecule has 0 radical (unpaired) electrons. The summed E-state index contributed by atoms with van der Waals surface area (Å²) in [6, 6.07) is 4.74. The van der Waals surface area contributed by atoms with Crippen molar-refractivity contribution in [1.29, 1.82) is 0 Å². The van der Waals surface area contributed by atoms with Gasteiger partial charge < -0.3 is 5.11 Å². The van der Waals surface area contributed by atoms with Gasteiger partial charge in [0.1, 0.15) is 0 Å². The number of aromatic hydroxyl groups is 1. The molecule has 0 aliphatic carbocycles. The summed E-state index contributed by atoms with van der Waals surface area (Å²) >= 11 is 5.57. The molecule has 0 saturated carbocycles. The smallest absolute Gasteiger partial charge is 0.565 e. The van der Waals surface area contributed by atoms with Crippen LogP contribution in [0.3, 0.4) is 0 Å². The molecular weight excluding hydrogens is 243 g/mol. The molecule has 0 heterocycles. The third-order valence-electron chi connectivity index (χ3n) is 1.04. The van der Waals surface area contributed by atoms with Crippen LogP contribution in [0.25, 0.3) is 0 Å². The first kappa shape index (κ1) is 9.92. The molecule has 0 aliphatic rings. The monoisotopic (exact) mass is 248 g/mol. The quantitative estimate of drug-likeness (QED) is 0.552. The molecule has 0 bridgehead atoms. The molecule has 0 aliphatic heterocycles. The molecule has 1 nitrogen and oxygen atoms in total. The molecule has 0 atom stereocenters. The van der Waals surface area contributed by atoms with Crippen LogP contribution >= 0.6 is 11.6 Å². The van der Waals surface area contributed by atoms with E-state index >= 15 is 0 Å². The van der Waals surface area contributed by atoms with Gasteiger partial charge in [-0.3, -0.25) is 0 Å². The van der Waals surface area contributed by atoms with Crippen molar-refractivity contribution in [3.63, 3.8) is 0 Å². The Bertz CT molecular complexity index is 225. The largest absolute Gasteiger partial charge is 1.00 e. The Kier molecular flexibility index (Phi) is 3.91. The number of hydrogen-bond donors (Lipinski definition) is 1. The average Bonchev–Trinajstić information content (AvgIpc) is 1.80. The molecule has 58 valence electrons. The minimum absolute atomic E-state index is 0. The second-order valence-electron chi connectivity index (χ2n) is 1.77. The van der Waals surface area contributed by atoms with E-state index in [1.165, 1.54) is 6.07 Å². The second-order valence-corrected chi connectivity index (χ2v) is 2.21. The Balaban J connectivity index is 0.000000810. The van der Waals surface area contributed by atoms with Crippen molar-refractivity contribution in [2.45, 2.75) is 0 Å². The third-order valence-corrected chi connectivity index (χ3v) is 1.28. The van der Waals surface area contributed by atoms with Crippen LogP contribution in [0.2, 0.25) is 5.02 Å². The van der Waals surface area contributed by atoms with Gasteiger partial charge in [-0.25, -0.2) is 0 Å². The number of benzene rings is 1.